The zero-order valence-electron chi connectivity index (χ0n) is 13.8. The number of rotatable bonds is 7. The molecular formula is C20H22N2O2. The second-order valence-electron chi connectivity index (χ2n) is 5.73. The molecular weight excluding hydrogens is 300 g/mol. The first-order valence-corrected chi connectivity index (χ1v) is 8.24. The average Bonchev–Trinajstić information content (AvgIpc) is 3.09. The van der Waals surface area contributed by atoms with Gasteiger partial charge in [0.05, 0.1) is 5.69 Å². The smallest absolute Gasteiger partial charge is 0.121 e. The summed E-state index contributed by atoms with van der Waals surface area (Å²) in [6.45, 7) is 3.43. The topological polar surface area (TPSA) is 47.3 Å². The number of benzene rings is 2. The molecule has 1 atom stereocenters. The van der Waals surface area contributed by atoms with Gasteiger partial charge >= 0.3 is 0 Å². The van der Waals surface area contributed by atoms with Gasteiger partial charge < -0.3 is 9.84 Å². The molecule has 0 radical (unpaired) electrons. The summed E-state index contributed by atoms with van der Waals surface area (Å²) < 4.78 is 7.63. The molecule has 2 aromatic carbocycles. The normalized spacial score (nSPS) is 12.1. The van der Waals surface area contributed by atoms with E-state index in [1.165, 1.54) is 0 Å². The number of nitrogens with zero attached hydrogens (tertiary/aromatic N) is 2. The van der Waals surface area contributed by atoms with E-state index in [1.54, 1.807) is 6.20 Å². The van der Waals surface area contributed by atoms with E-state index in [2.05, 4.69) is 12.0 Å². The highest BCUT2D eigenvalue weighted by atomic mass is 16.5. The molecule has 0 saturated carbocycles. The molecule has 124 valence electrons. The molecule has 0 aliphatic rings. The van der Waals surface area contributed by atoms with Crippen LogP contribution in [0.3, 0.4) is 0 Å². The van der Waals surface area contributed by atoms with Crippen molar-refractivity contribution in [3.8, 4) is 5.75 Å². The summed E-state index contributed by atoms with van der Waals surface area (Å²) in [5.74, 6) is 0.789. The second kappa shape index (κ2) is 7.79. The van der Waals surface area contributed by atoms with Gasteiger partial charge in [-0.25, -0.2) is 0 Å². The van der Waals surface area contributed by atoms with Gasteiger partial charge in [0.1, 0.15) is 18.5 Å². The predicted molar refractivity (Wildman–Crippen MR) is 93.8 cm³/mol. The number of ether oxygens (including phenoxy) is 1. The van der Waals surface area contributed by atoms with Crippen LogP contribution in [0.1, 0.15) is 36.3 Å². The molecule has 4 heteroatoms. The highest BCUT2D eigenvalue weighted by molar-refractivity contribution is 5.32. The van der Waals surface area contributed by atoms with Crippen LogP contribution in [0, 0.1) is 0 Å². The third kappa shape index (κ3) is 3.84. The second-order valence-corrected chi connectivity index (χ2v) is 5.73. The standard InChI is InChI=1S/C20H22N2O2/c1-2-14-22-19(12-13-21-22)20(23)17-8-10-18(11-9-17)24-15-16-6-4-3-5-7-16/h3-13,20,23H,2,14-15H2,1H3. The monoisotopic (exact) mass is 322 g/mol. The van der Waals surface area contributed by atoms with E-state index >= 15 is 0 Å². The first kappa shape index (κ1) is 16.3. The number of aliphatic hydroxyl groups is 1. The Morgan fingerprint density at radius 1 is 1.04 bits per heavy atom. The summed E-state index contributed by atoms with van der Waals surface area (Å²) in [6.07, 6.45) is 2.03. The minimum absolute atomic E-state index is 0.534. The first-order valence-electron chi connectivity index (χ1n) is 8.24. The van der Waals surface area contributed by atoms with Crippen LogP contribution in [0.15, 0.2) is 66.9 Å². The molecule has 3 rings (SSSR count). The predicted octanol–water partition coefficient (Wildman–Crippen LogP) is 3.95. The van der Waals surface area contributed by atoms with Crippen LogP contribution in [0.2, 0.25) is 0 Å². The van der Waals surface area contributed by atoms with Crippen LogP contribution in [-0.4, -0.2) is 14.9 Å². The van der Waals surface area contributed by atoms with Gasteiger partial charge in [0.25, 0.3) is 0 Å². The van der Waals surface area contributed by atoms with Gasteiger partial charge in [-0.05, 0) is 35.7 Å². The summed E-state index contributed by atoms with van der Waals surface area (Å²) in [7, 11) is 0. The summed E-state index contributed by atoms with van der Waals surface area (Å²) in [6, 6.07) is 19.5. The molecule has 0 aliphatic heterocycles. The molecule has 0 saturated heterocycles. The molecule has 1 aromatic heterocycles. The molecule has 1 unspecified atom stereocenters. The summed E-state index contributed by atoms with van der Waals surface area (Å²) in [5, 5.41) is 14.9. The van der Waals surface area contributed by atoms with Crippen LogP contribution in [0.4, 0.5) is 0 Å². The fraction of sp³-hybridized carbons (Fsp3) is 0.250. The molecule has 24 heavy (non-hydrogen) atoms. The fourth-order valence-electron chi connectivity index (χ4n) is 2.63. The highest BCUT2D eigenvalue weighted by Crippen LogP contribution is 2.24. The van der Waals surface area contributed by atoms with E-state index < -0.39 is 6.10 Å². The van der Waals surface area contributed by atoms with Gasteiger partial charge in [-0.15, -0.1) is 0 Å². The summed E-state index contributed by atoms with van der Waals surface area (Å²) >= 11 is 0. The van der Waals surface area contributed by atoms with E-state index in [0.29, 0.717) is 6.61 Å². The number of aryl methyl sites for hydroxylation is 1. The maximum absolute atomic E-state index is 10.6. The van der Waals surface area contributed by atoms with Crippen molar-refractivity contribution in [3.63, 3.8) is 0 Å². The van der Waals surface area contributed by atoms with Gasteiger partial charge in [-0.1, -0.05) is 49.4 Å². The van der Waals surface area contributed by atoms with Crippen LogP contribution < -0.4 is 4.74 Å². The lowest BCUT2D eigenvalue weighted by atomic mass is 10.1. The van der Waals surface area contributed by atoms with Crippen molar-refractivity contribution in [1.29, 1.82) is 0 Å². The molecule has 1 heterocycles. The van der Waals surface area contributed by atoms with Gasteiger partial charge in [0, 0.05) is 12.7 Å². The van der Waals surface area contributed by atoms with E-state index in [0.717, 1.165) is 35.5 Å². The van der Waals surface area contributed by atoms with Crippen LogP contribution in [-0.2, 0) is 13.2 Å². The molecule has 0 bridgehead atoms. The largest absolute Gasteiger partial charge is 0.489 e. The Labute approximate surface area is 142 Å². The molecule has 1 N–H and O–H groups in total. The lowest BCUT2D eigenvalue weighted by Gasteiger charge is -2.14. The van der Waals surface area contributed by atoms with Gasteiger partial charge in [0.2, 0.25) is 0 Å². The third-order valence-corrected chi connectivity index (χ3v) is 3.91. The first-order chi connectivity index (χ1) is 11.8. The van der Waals surface area contributed by atoms with E-state index in [-0.39, 0.29) is 0 Å². The molecule has 4 nitrogen and oxygen atoms in total. The molecule has 0 amide bonds. The van der Waals surface area contributed by atoms with Crippen molar-refractivity contribution in [2.45, 2.75) is 32.6 Å². The Kier molecular flexibility index (Phi) is 5.29. The lowest BCUT2D eigenvalue weighted by molar-refractivity contribution is 0.207. The quantitative estimate of drug-likeness (QED) is 0.716. The fourth-order valence-corrected chi connectivity index (χ4v) is 2.63. The zero-order chi connectivity index (χ0) is 16.8. The van der Waals surface area contributed by atoms with Crippen molar-refractivity contribution < 1.29 is 9.84 Å². The Morgan fingerprint density at radius 3 is 2.50 bits per heavy atom. The minimum atomic E-state index is -0.678. The number of aromatic nitrogens is 2. The van der Waals surface area contributed by atoms with Crippen molar-refractivity contribution in [1.82, 2.24) is 9.78 Å². The van der Waals surface area contributed by atoms with Crippen molar-refractivity contribution in [2.75, 3.05) is 0 Å². The van der Waals surface area contributed by atoms with Crippen molar-refractivity contribution >= 4 is 0 Å². The summed E-state index contributed by atoms with van der Waals surface area (Å²) in [5.41, 5.74) is 2.78. The third-order valence-electron chi connectivity index (χ3n) is 3.91. The number of hydrogen-bond donors (Lipinski definition) is 1. The lowest BCUT2D eigenvalue weighted by Crippen LogP contribution is -2.10. The van der Waals surface area contributed by atoms with E-state index in [9.17, 15) is 5.11 Å². The SMILES string of the molecule is CCCn1nccc1C(O)c1ccc(OCc2ccccc2)cc1. The summed E-state index contributed by atoms with van der Waals surface area (Å²) in [4.78, 5) is 0. The van der Waals surface area contributed by atoms with Gasteiger partial charge in [-0.2, -0.15) is 5.10 Å². The highest BCUT2D eigenvalue weighted by Gasteiger charge is 2.15. The maximum Gasteiger partial charge on any atom is 0.121 e. The van der Waals surface area contributed by atoms with Gasteiger partial charge in [0.15, 0.2) is 0 Å². The van der Waals surface area contributed by atoms with Crippen LogP contribution in [0.5, 0.6) is 5.75 Å². The zero-order valence-corrected chi connectivity index (χ0v) is 13.8. The average molecular weight is 322 g/mol. The molecule has 0 aliphatic carbocycles. The molecule has 3 aromatic rings. The van der Waals surface area contributed by atoms with Gasteiger partial charge in [-0.3, -0.25) is 4.68 Å². The number of hydrogen-bond acceptors (Lipinski definition) is 3. The Hall–Kier alpha value is -2.59. The number of aliphatic hydroxyl groups excluding tert-OH is 1. The van der Waals surface area contributed by atoms with Crippen molar-refractivity contribution in [3.05, 3.63) is 83.7 Å². The van der Waals surface area contributed by atoms with E-state index in [4.69, 9.17) is 4.74 Å². The van der Waals surface area contributed by atoms with Crippen molar-refractivity contribution in [2.24, 2.45) is 0 Å². The van der Waals surface area contributed by atoms with E-state index in [1.807, 2.05) is 65.3 Å². The maximum atomic E-state index is 10.6. The molecule has 0 spiro atoms. The Bertz CT molecular complexity index is 751. The van der Waals surface area contributed by atoms with Crippen LogP contribution >= 0.6 is 0 Å². The Morgan fingerprint density at radius 2 is 1.79 bits per heavy atom. The van der Waals surface area contributed by atoms with Crippen LogP contribution in [0.25, 0.3) is 0 Å². The Balaban J connectivity index is 1.66. The minimum Gasteiger partial charge on any atom is -0.489 e. The molecule has 0 fully saturated rings.